The molecule has 6 heteroatoms. The fourth-order valence-corrected chi connectivity index (χ4v) is 1.49. The highest BCUT2D eigenvalue weighted by molar-refractivity contribution is 5.40. The monoisotopic (exact) mass is 233 g/mol. The van der Waals surface area contributed by atoms with E-state index in [4.69, 9.17) is 5.73 Å². The maximum atomic E-state index is 12.1. The molecule has 3 N–H and O–H groups in total. The minimum absolute atomic E-state index is 0.0457. The van der Waals surface area contributed by atoms with Crippen LogP contribution < -0.4 is 11.1 Å². The Morgan fingerprint density at radius 3 is 2.69 bits per heavy atom. The zero-order chi connectivity index (χ0) is 12.2. The van der Waals surface area contributed by atoms with E-state index in [1.165, 1.54) is 6.20 Å². The molecule has 90 valence electrons. The van der Waals surface area contributed by atoms with Gasteiger partial charge in [0.05, 0.1) is 0 Å². The first kappa shape index (κ1) is 12.8. The molecule has 1 rings (SSSR count). The molecule has 0 saturated carbocycles. The Morgan fingerprint density at radius 1 is 1.50 bits per heavy atom. The number of halogens is 3. The largest absolute Gasteiger partial charge is 0.389 e. The summed E-state index contributed by atoms with van der Waals surface area (Å²) in [5.74, 6) is 0.268. The number of nitrogens with two attached hydrogens (primary N) is 1. The molecule has 1 unspecified atom stereocenters. The molecule has 0 fully saturated rings. The Morgan fingerprint density at radius 2 is 2.19 bits per heavy atom. The molecule has 0 bridgehead atoms. The molecule has 0 spiro atoms. The summed E-state index contributed by atoms with van der Waals surface area (Å²) in [6.45, 7) is 0. The van der Waals surface area contributed by atoms with E-state index in [1.54, 1.807) is 19.2 Å². The van der Waals surface area contributed by atoms with Crippen LogP contribution in [-0.4, -0.2) is 18.2 Å². The molecule has 0 amide bonds. The van der Waals surface area contributed by atoms with E-state index in [9.17, 15) is 13.2 Å². The first-order valence-corrected chi connectivity index (χ1v) is 4.88. The lowest BCUT2D eigenvalue weighted by atomic mass is 10.0. The van der Waals surface area contributed by atoms with Crippen molar-refractivity contribution in [3.05, 3.63) is 23.9 Å². The van der Waals surface area contributed by atoms with E-state index in [2.05, 4.69) is 10.3 Å². The van der Waals surface area contributed by atoms with Gasteiger partial charge in [-0.2, -0.15) is 13.2 Å². The van der Waals surface area contributed by atoms with Crippen molar-refractivity contribution in [3.8, 4) is 0 Å². The molecule has 0 saturated heterocycles. The average Bonchev–Trinajstić information content (AvgIpc) is 2.20. The minimum atomic E-state index is -4.15. The summed E-state index contributed by atoms with van der Waals surface area (Å²) < 4.78 is 36.3. The van der Waals surface area contributed by atoms with Crippen molar-refractivity contribution >= 4 is 5.82 Å². The Hall–Kier alpha value is -1.30. The van der Waals surface area contributed by atoms with Gasteiger partial charge < -0.3 is 11.1 Å². The molecule has 1 atom stereocenters. The quantitative estimate of drug-likeness (QED) is 0.838. The normalized spacial score (nSPS) is 13.8. The number of pyridine rings is 1. The Balaban J connectivity index is 2.72. The van der Waals surface area contributed by atoms with Crippen LogP contribution in [0.2, 0.25) is 0 Å². The molecular weight excluding hydrogens is 219 g/mol. The lowest BCUT2D eigenvalue weighted by Crippen LogP contribution is -2.21. The van der Waals surface area contributed by atoms with Crippen molar-refractivity contribution in [2.24, 2.45) is 0 Å². The predicted molar refractivity (Wildman–Crippen MR) is 55.7 cm³/mol. The highest BCUT2D eigenvalue weighted by Crippen LogP contribution is 2.28. The second-order valence-electron chi connectivity index (χ2n) is 3.47. The Bertz CT molecular complexity index is 338. The summed E-state index contributed by atoms with van der Waals surface area (Å²) in [4.78, 5) is 3.85. The Kier molecular flexibility index (Phi) is 4.12. The number of aromatic nitrogens is 1. The minimum Gasteiger partial charge on any atom is -0.383 e. The van der Waals surface area contributed by atoms with Crippen molar-refractivity contribution in [1.29, 1.82) is 0 Å². The van der Waals surface area contributed by atoms with Crippen LogP contribution in [0.5, 0.6) is 0 Å². The highest BCUT2D eigenvalue weighted by atomic mass is 19.4. The number of nitrogen functional groups attached to an aromatic ring is 1. The predicted octanol–water partition coefficient (Wildman–Crippen LogP) is 2.27. The number of anilines is 1. The fourth-order valence-electron chi connectivity index (χ4n) is 1.49. The summed E-state index contributed by atoms with van der Waals surface area (Å²) in [5.41, 5.74) is 6.21. The van der Waals surface area contributed by atoms with Crippen molar-refractivity contribution in [2.45, 2.75) is 25.1 Å². The topological polar surface area (TPSA) is 50.9 Å². The summed E-state index contributed by atoms with van der Waals surface area (Å²) in [7, 11) is 1.60. The molecular formula is C10H14F3N3. The maximum Gasteiger partial charge on any atom is 0.389 e. The van der Waals surface area contributed by atoms with Crippen molar-refractivity contribution in [1.82, 2.24) is 10.3 Å². The molecule has 3 nitrogen and oxygen atoms in total. The van der Waals surface area contributed by atoms with Gasteiger partial charge in [0.25, 0.3) is 0 Å². The van der Waals surface area contributed by atoms with Crippen molar-refractivity contribution in [3.63, 3.8) is 0 Å². The molecule has 1 heterocycles. The van der Waals surface area contributed by atoms with Gasteiger partial charge in [-0.05, 0) is 19.5 Å². The van der Waals surface area contributed by atoms with E-state index in [-0.39, 0.29) is 12.2 Å². The third-order valence-electron chi connectivity index (χ3n) is 2.31. The van der Waals surface area contributed by atoms with Crippen LogP contribution in [0.15, 0.2) is 18.3 Å². The van der Waals surface area contributed by atoms with Gasteiger partial charge in [0, 0.05) is 24.2 Å². The maximum absolute atomic E-state index is 12.1. The van der Waals surface area contributed by atoms with Gasteiger partial charge in [0.1, 0.15) is 5.82 Å². The number of rotatable bonds is 4. The molecule has 1 aromatic rings. The van der Waals surface area contributed by atoms with Gasteiger partial charge >= 0.3 is 6.18 Å². The third-order valence-corrected chi connectivity index (χ3v) is 2.31. The van der Waals surface area contributed by atoms with E-state index in [0.717, 1.165) is 0 Å². The summed E-state index contributed by atoms with van der Waals surface area (Å²) in [6.07, 6.45) is -3.52. The second kappa shape index (κ2) is 5.16. The van der Waals surface area contributed by atoms with Crippen LogP contribution in [0.4, 0.5) is 19.0 Å². The van der Waals surface area contributed by atoms with Gasteiger partial charge in [-0.3, -0.25) is 0 Å². The average molecular weight is 233 g/mol. The number of nitrogens with one attached hydrogen (secondary N) is 1. The Labute approximate surface area is 91.9 Å². The van der Waals surface area contributed by atoms with Crippen LogP contribution in [0.1, 0.15) is 24.4 Å². The zero-order valence-corrected chi connectivity index (χ0v) is 8.88. The van der Waals surface area contributed by atoms with E-state index < -0.39 is 18.6 Å². The summed E-state index contributed by atoms with van der Waals surface area (Å²) >= 11 is 0. The van der Waals surface area contributed by atoms with Crippen LogP contribution in [0, 0.1) is 0 Å². The van der Waals surface area contributed by atoms with Crippen molar-refractivity contribution in [2.75, 3.05) is 12.8 Å². The lowest BCUT2D eigenvalue weighted by molar-refractivity contribution is -0.136. The van der Waals surface area contributed by atoms with E-state index >= 15 is 0 Å². The molecule has 0 radical (unpaired) electrons. The first-order valence-electron chi connectivity index (χ1n) is 4.88. The molecule has 0 aromatic carbocycles. The SMILES string of the molecule is CNC(CCC(F)(F)F)c1cccnc1N. The smallest absolute Gasteiger partial charge is 0.383 e. The number of alkyl halides is 3. The second-order valence-corrected chi connectivity index (χ2v) is 3.47. The number of hydrogen-bond donors (Lipinski definition) is 2. The number of nitrogens with zero attached hydrogens (tertiary/aromatic N) is 1. The highest BCUT2D eigenvalue weighted by Gasteiger charge is 2.28. The van der Waals surface area contributed by atoms with Crippen molar-refractivity contribution < 1.29 is 13.2 Å². The first-order chi connectivity index (χ1) is 7.44. The lowest BCUT2D eigenvalue weighted by Gasteiger charge is -2.18. The standard InChI is InChI=1S/C10H14F3N3/c1-15-8(4-5-10(11,12)13)7-3-2-6-16-9(7)14/h2-3,6,8,15H,4-5H2,1H3,(H2,14,16). The molecule has 0 aliphatic rings. The molecule has 0 aliphatic carbocycles. The zero-order valence-electron chi connectivity index (χ0n) is 8.88. The van der Waals surface area contributed by atoms with E-state index in [1.807, 2.05) is 0 Å². The van der Waals surface area contributed by atoms with Gasteiger partial charge in [0.15, 0.2) is 0 Å². The number of hydrogen-bond acceptors (Lipinski definition) is 3. The van der Waals surface area contributed by atoms with Gasteiger partial charge in [0.2, 0.25) is 0 Å². The van der Waals surface area contributed by atoms with Gasteiger partial charge in [-0.25, -0.2) is 4.98 Å². The van der Waals surface area contributed by atoms with Gasteiger partial charge in [-0.15, -0.1) is 0 Å². The van der Waals surface area contributed by atoms with E-state index in [0.29, 0.717) is 5.56 Å². The molecule has 16 heavy (non-hydrogen) atoms. The molecule has 0 aliphatic heterocycles. The fraction of sp³-hybridized carbons (Fsp3) is 0.500. The van der Waals surface area contributed by atoms with Crippen LogP contribution >= 0.6 is 0 Å². The molecule has 1 aromatic heterocycles. The van der Waals surface area contributed by atoms with Crippen LogP contribution in [0.3, 0.4) is 0 Å². The van der Waals surface area contributed by atoms with Gasteiger partial charge in [-0.1, -0.05) is 6.07 Å². The van der Waals surface area contributed by atoms with Crippen LogP contribution in [-0.2, 0) is 0 Å². The summed E-state index contributed by atoms with van der Waals surface area (Å²) in [6, 6.07) is 2.92. The van der Waals surface area contributed by atoms with Crippen LogP contribution in [0.25, 0.3) is 0 Å². The third kappa shape index (κ3) is 3.69. The summed E-state index contributed by atoms with van der Waals surface area (Å²) in [5, 5.41) is 2.81.